The molecular weight excluding hydrogens is 313 g/mol. The van der Waals surface area contributed by atoms with Gasteiger partial charge in [0.15, 0.2) is 12.8 Å². The summed E-state index contributed by atoms with van der Waals surface area (Å²) in [5, 5.41) is 30.0. The summed E-state index contributed by atoms with van der Waals surface area (Å²) in [6, 6.07) is -2.15. The summed E-state index contributed by atoms with van der Waals surface area (Å²) < 4.78 is -0.470. The molecule has 0 aromatic rings. The SMILES string of the molecule is CCCCC/C=C/C[N+](CO)(C(C)C(=O)[O-])C(C)C(=O)O.[K+]. The van der Waals surface area contributed by atoms with Gasteiger partial charge in [-0.25, -0.2) is 4.79 Å². The van der Waals surface area contributed by atoms with Crippen LogP contribution in [0.4, 0.5) is 0 Å². The van der Waals surface area contributed by atoms with Gasteiger partial charge in [-0.05, 0) is 32.8 Å². The number of hydrogen-bond donors (Lipinski definition) is 2. The molecule has 0 aliphatic carbocycles. The number of carboxylic acids is 2. The first-order chi connectivity index (χ1) is 9.83. The molecule has 0 aliphatic heterocycles. The van der Waals surface area contributed by atoms with Gasteiger partial charge in [-0.15, -0.1) is 0 Å². The summed E-state index contributed by atoms with van der Waals surface area (Å²) >= 11 is 0. The van der Waals surface area contributed by atoms with Gasteiger partial charge in [0.2, 0.25) is 0 Å². The zero-order valence-corrected chi connectivity index (χ0v) is 17.2. The molecule has 0 bridgehead atoms. The maximum absolute atomic E-state index is 11.2. The molecule has 0 aliphatic rings. The van der Waals surface area contributed by atoms with E-state index < -0.39 is 35.2 Å². The minimum Gasteiger partial charge on any atom is -0.544 e. The van der Waals surface area contributed by atoms with Crippen LogP contribution in [-0.4, -0.2) is 52.0 Å². The van der Waals surface area contributed by atoms with Crippen molar-refractivity contribution >= 4 is 11.9 Å². The molecule has 7 heteroatoms. The molecule has 0 rings (SSSR count). The topological polar surface area (TPSA) is 97.7 Å². The Hall–Kier alpha value is 0.236. The van der Waals surface area contributed by atoms with Gasteiger partial charge in [0.1, 0.15) is 12.6 Å². The van der Waals surface area contributed by atoms with Gasteiger partial charge in [0, 0.05) is 0 Å². The van der Waals surface area contributed by atoms with Crippen molar-refractivity contribution < 1.29 is 80.8 Å². The number of rotatable bonds is 11. The summed E-state index contributed by atoms with van der Waals surface area (Å²) in [6.45, 7) is 4.46. The molecule has 122 valence electrons. The predicted molar refractivity (Wildman–Crippen MR) is 77.1 cm³/mol. The normalized spacial score (nSPS) is 16.5. The number of aliphatic hydroxyl groups is 1. The van der Waals surface area contributed by atoms with Crippen molar-refractivity contribution in [3.05, 3.63) is 12.2 Å². The van der Waals surface area contributed by atoms with Gasteiger partial charge in [-0.2, -0.15) is 0 Å². The van der Waals surface area contributed by atoms with Crippen LogP contribution in [0.1, 0.15) is 46.5 Å². The minimum atomic E-state index is -1.36. The van der Waals surface area contributed by atoms with E-state index in [2.05, 4.69) is 6.92 Å². The molecule has 3 atom stereocenters. The minimum absolute atomic E-state index is 0. The van der Waals surface area contributed by atoms with Crippen LogP contribution in [0.5, 0.6) is 0 Å². The molecule has 0 saturated carbocycles. The third-order valence-electron chi connectivity index (χ3n) is 4.09. The van der Waals surface area contributed by atoms with E-state index in [9.17, 15) is 24.9 Å². The molecular formula is C15H27KNO5+. The first-order valence-electron chi connectivity index (χ1n) is 7.39. The van der Waals surface area contributed by atoms with Crippen molar-refractivity contribution in [2.24, 2.45) is 0 Å². The average Bonchev–Trinajstić information content (AvgIpc) is 2.45. The Morgan fingerprint density at radius 3 is 2.18 bits per heavy atom. The van der Waals surface area contributed by atoms with Crippen LogP contribution in [0.15, 0.2) is 12.2 Å². The Bertz CT molecular complexity index is 353. The van der Waals surface area contributed by atoms with E-state index in [4.69, 9.17) is 0 Å². The fourth-order valence-corrected chi connectivity index (χ4v) is 2.29. The second kappa shape index (κ2) is 12.6. The average molecular weight is 340 g/mol. The number of carbonyl (C=O) groups excluding carboxylic acids is 1. The molecule has 22 heavy (non-hydrogen) atoms. The van der Waals surface area contributed by atoms with E-state index in [0.717, 1.165) is 25.7 Å². The molecule has 0 heterocycles. The summed E-state index contributed by atoms with van der Waals surface area (Å²) in [4.78, 5) is 22.4. The second-order valence-corrected chi connectivity index (χ2v) is 5.40. The quantitative estimate of drug-likeness (QED) is 0.143. The number of unbranched alkanes of at least 4 members (excludes halogenated alkanes) is 3. The van der Waals surface area contributed by atoms with Gasteiger partial charge in [-0.3, -0.25) is 4.48 Å². The van der Waals surface area contributed by atoms with Gasteiger partial charge < -0.3 is 20.1 Å². The predicted octanol–water partition coefficient (Wildman–Crippen LogP) is -2.49. The van der Waals surface area contributed by atoms with Crippen LogP contribution in [0.2, 0.25) is 0 Å². The molecule has 6 nitrogen and oxygen atoms in total. The van der Waals surface area contributed by atoms with Crippen LogP contribution < -0.4 is 56.5 Å². The van der Waals surface area contributed by atoms with Crippen molar-refractivity contribution in [2.75, 3.05) is 13.3 Å². The van der Waals surface area contributed by atoms with Crippen molar-refractivity contribution in [3.8, 4) is 0 Å². The number of carbonyl (C=O) groups is 2. The first kappa shape index (κ1) is 24.5. The Kier molecular flexibility index (Phi) is 14.1. The third kappa shape index (κ3) is 7.21. The molecule has 0 amide bonds. The largest absolute Gasteiger partial charge is 1.00 e. The van der Waals surface area contributed by atoms with E-state index in [-0.39, 0.29) is 57.9 Å². The van der Waals surface area contributed by atoms with E-state index >= 15 is 0 Å². The number of nitrogens with zero attached hydrogens (tertiary/aromatic N) is 1. The van der Waals surface area contributed by atoms with E-state index in [1.165, 1.54) is 13.8 Å². The third-order valence-corrected chi connectivity index (χ3v) is 4.09. The molecule has 2 N–H and O–H groups in total. The number of carboxylic acid groups (broad SMARTS) is 2. The van der Waals surface area contributed by atoms with Crippen LogP contribution in [0.25, 0.3) is 0 Å². The fourth-order valence-electron chi connectivity index (χ4n) is 2.29. The standard InChI is InChI=1S/C15H27NO5.K/c1-4-5-6-7-8-9-10-16(11-17,12(2)14(18)19)13(3)15(20)21;/h8-9,12-13,17H,4-7,10-11H2,1-3H3,(H-,18,19,20,21);/q;+1/b9-8+;. The number of allylic oxidation sites excluding steroid dienone is 1. The number of quaternary nitrogens is 1. The fraction of sp³-hybridized carbons (Fsp3) is 0.733. The summed E-state index contributed by atoms with van der Waals surface area (Å²) in [5.74, 6) is -2.51. The monoisotopic (exact) mass is 340 g/mol. The van der Waals surface area contributed by atoms with Crippen LogP contribution >= 0.6 is 0 Å². The van der Waals surface area contributed by atoms with Gasteiger partial charge >= 0.3 is 57.4 Å². The maximum Gasteiger partial charge on any atom is 1.00 e. The number of hydrogen-bond acceptors (Lipinski definition) is 4. The molecule has 3 unspecified atom stereocenters. The second-order valence-electron chi connectivity index (χ2n) is 5.40. The van der Waals surface area contributed by atoms with E-state index in [0.29, 0.717) is 0 Å². The Balaban J connectivity index is 0. The molecule has 0 radical (unpaired) electrons. The molecule has 0 aromatic heterocycles. The van der Waals surface area contributed by atoms with Crippen molar-refractivity contribution in [2.45, 2.75) is 58.5 Å². The Labute approximate surface area is 175 Å². The van der Waals surface area contributed by atoms with Crippen molar-refractivity contribution in [3.63, 3.8) is 0 Å². The molecule has 0 spiro atoms. The smallest absolute Gasteiger partial charge is 0.544 e. The molecule has 0 aromatic carbocycles. The van der Waals surface area contributed by atoms with Gasteiger partial charge in [0.05, 0.1) is 5.97 Å². The molecule has 0 saturated heterocycles. The van der Waals surface area contributed by atoms with Crippen LogP contribution in [0, 0.1) is 0 Å². The number of aliphatic hydroxyl groups excluding tert-OH is 1. The maximum atomic E-state index is 11.2. The van der Waals surface area contributed by atoms with Gasteiger partial charge in [0.25, 0.3) is 0 Å². The van der Waals surface area contributed by atoms with Crippen molar-refractivity contribution in [1.29, 1.82) is 0 Å². The first-order valence-corrected chi connectivity index (χ1v) is 7.39. The summed E-state index contributed by atoms with van der Waals surface area (Å²) in [5.41, 5.74) is 0. The van der Waals surface area contributed by atoms with Crippen LogP contribution in [0.3, 0.4) is 0 Å². The van der Waals surface area contributed by atoms with Crippen molar-refractivity contribution in [1.82, 2.24) is 0 Å². The Morgan fingerprint density at radius 2 is 1.77 bits per heavy atom. The summed E-state index contributed by atoms with van der Waals surface area (Å²) in [7, 11) is 0. The van der Waals surface area contributed by atoms with Gasteiger partial charge in [-0.1, -0.05) is 25.8 Å². The zero-order chi connectivity index (χ0) is 16.5. The van der Waals surface area contributed by atoms with E-state index in [1.54, 1.807) is 6.08 Å². The zero-order valence-electron chi connectivity index (χ0n) is 14.1. The Morgan fingerprint density at radius 1 is 1.18 bits per heavy atom. The molecule has 0 fully saturated rings. The van der Waals surface area contributed by atoms with Crippen LogP contribution in [-0.2, 0) is 9.59 Å². The summed E-state index contributed by atoms with van der Waals surface area (Å²) in [6.07, 6.45) is 7.80. The number of aliphatic carboxylic acids is 2. The van der Waals surface area contributed by atoms with E-state index in [1.807, 2.05) is 6.08 Å².